The number of benzene rings is 1. The van der Waals surface area contributed by atoms with Gasteiger partial charge in [0, 0.05) is 56.4 Å². The van der Waals surface area contributed by atoms with Crippen LogP contribution in [-0.2, 0) is 5.41 Å². The summed E-state index contributed by atoms with van der Waals surface area (Å²) in [6.07, 6.45) is 4.92. The Hall–Kier alpha value is -1.59. The van der Waals surface area contributed by atoms with Crippen LogP contribution in [0.2, 0.25) is 0 Å². The van der Waals surface area contributed by atoms with Crippen molar-refractivity contribution in [1.29, 1.82) is 0 Å². The number of likely N-dealkylation sites (tertiary alicyclic amines) is 2. The van der Waals surface area contributed by atoms with Crippen molar-refractivity contribution in [2.24, 2.45) is 5.92 Å². The second-order valence-electron chi connectivity index (χ2n) is 9.01. The number of likely N-dealkylation sites (N-methyl/N-ethyl adjacent to an activating group) is 1. The molecule has 1 spiro atoms. The molecule has 3 fully saturated rings. The van der Waals surface area contributed by atoms with E-state index >= 15 is 0 Å². The standard InChI is InChI=1S/C21H29N3O2/c1-22-13-21(7-2-8-23(14-21)10-15-3-4-15)18-9-16(5-6-19(18)22)20(26)24-11-17(25)12-24/h5-6,9,15,17,25H,2-4,7-8,10-14H2,1H3. The molecular weight excluding hydrogens is 326 g/mol. The Morgan fingerprint density at radius 2 is 2.08 bits per heavy atom. The first kappa shape index (κ1) is 16.6. The first-order chi connectivity index (χ1) is 12.5. The Kier molecular flexibility index (Phi) is 3.80. The van der Waals surface area contributed by atoms with Crippen LogP contribution in [0.5, 0.6) is 0 Å². The highest BCUT2D eigenvalue weighted by molar-refractivity contribution is 5.96. The van der Waals surface area contributed by atoms with Crippen molar-refractivity contribution < 1.29 is 9.90 Å². The lowest BCUT2D eigenvalue weighted by molar-refractivity contribution is 0.00588. The summed E-state index contributed by atoms with van der Waals surface area (Å²) in [5.41, 5.74) is 3.61. The summed E-state index contributed by atoms with van der Waals surface area (Å²) >= 11 is 0. The van der Waals surface area contributed by atoms with Crippen molar-refractivity contribution in [2.75, 3.05) is 51.2 Å². The van der Waals surface area contributed by atoms with Crippen LogP contribution in [-0.4, -0.2) is 73.2 Å². The number of nitrogens with zero attached hydrogens (tertiary/aromatic N) is 3. The molecule has 1 N–H and O–H groups in total. The van der Waals surface area contributed by atoms with Crippen LogP contribution in [0.4, 0.5) is 5.69 Å². The highest BCUT2D eigenvalue weighted by Gasteiger charge is 2.45. The Morgan fingerprint density at radius 3 is 2.81 bits per heavy atom. The zero-order valence-electron chi connectivity index (χ0n) is 15.7. The van der Waals surface area contributed by atoms with Gasteiger partial charge in [0.2, 0.25) is 0 Å². The minimum absolute atomic E-state index is 0.0634. The molecule has 1 aromatic rings. The highest BCUT2D eigenvalue weighted by atomic mass is 16.3. The molecule has 1 amide bonds. The van der Waals surface area contributed by atoms with E-state index in [1.807, 2.05) is 6.07 Å². The lowest BCUT2D eigenvalue weighted by Gasteiger charge is -2.41. The molecule has 3 heterocycles. The number of amides is 1. The lowest BCUT2D eigenvalue weighted by atomic mass is 9.75. The minimum Gasteiger partial charge on any atom is -0.389 e. The van der Waals surface area contributed by atoms with Gasteiger partial charge in [0.05, 0.1) is 6.10 Å². The first-order valence-corrected chi connectivity index (χ1v) is 10.1. The summed E-state index contributed by atoms with van der Waals surface area (Å²) in [4.78, 5) is 19.5. The molecule has 5 rings (SSSR count). The summed E-state index contributed by atoms with van der Waals surface area (Å²) < 4.78 is 0. The molecule has 26 heavy (non-hydrogen) atoms. The molecule has 0 radical (unpaired) electrons. The molecule has 1 atom stereocenters. The van der Waals surface area contributed by atoms with Crippen molar-refractivity contribution in [3.05, 3.63) is 29.3 Å². The van der Waals surface area contributed by atoms with Gasteiger partial charge in [0.1, 0.15) is 0 Å². The summed E-state index contributed by atoms with van der Waals surface area (Å²) in [5.74, 6) is 0.989. The quantitative estimate of drug-likeness (QED) is 0.897. The van der Waals surface area contributed by atoms with Gasteiger partial charge in [0.15, 0.2) is 0 Å². The number of carbonyl (C=O) groups excluding carboxylic acids is 1. The Bertz CT molecular complexity index is 726. The highest BCUT2D eigenvalue weighted by Crippen LogP contribution is 2.46. The Morgan fingerprint density at radius 1 is 1.27 bits per heavy atom. The van der Waals surface area contributed by atoms with E-state index in [4.69, 9.17) is 0 Å². The number of piperidine rings is 1. The summed E-state index contributed by atoms with van der Waals surface area (Å²) in [6, 6.07) is 6.26. The third-order valence-electron chi connectivity index (χ3n) is 6.78. The maximum absolute atomic E-state index is 12.7. The average molecular weight is 355 g/mol. The van der Waals surface area contributed by atoms with Crippen LogP contribution >= 0.6 is 0 Å². The Balaban J connectivity index is 1.43. The van der Waals surface area contributed by atoms with Crippen molar-refractivity contribution in [1.82, 2.24) is 9.80 Å². The van der Waals surface area contributed by atoms with E-state index < -0.39 is 0 Å². The van der Waals surface area contributed by atoms with Crippen molar-refractivity contribution in [2.45, 2.75) is 37.2 Å². The molecule has 1 unspecified atom stereocenters. The number of rotatable bonds is 3. The predicted molar refractivity (Wildman–Crippen MR) is 102 cm³/mol. The summed E-state index contributed by atoms with van der Waals surface area (Å²) in [5, 5.41) is 9.50. The van der Waals surface area contributed by atoms with E-state index in [-0.39, 0.29) is 17.4 Å². The van der Waals surface area contributed by atoms with Crippen LogP contribution in [0.1, 0.15) is 41.6 Å². The van der Waals surface area contributed by atoms with Gasteiger partial charge in [-0.1, -0.05) is 0 Å². The predicted octanol–water partition coefficient (Wildman–Crippen LogP) is 1.70. The number of aliphatic hydroxyl groups is 1. The van der Waals surface area contributed by atoms with Gasteiger partial charge in [-0.3, -0.25) is 4.79 Å². The monoisotopic (exact) mass is 355 g/mol. The molecule has 140 valence electrons. The molecule has 4 aliphatic rings. The fraction of sp³-hybridized carbons (Fsp3) is 0.667. The molecule has 1 aliphatic carbocycles. The average Bonchev–Trinajstić information content (AvgIpc) is 3.37. The lowest BCUT2D eigenvalue weighted by Crippen LogP contribution is -2.53. The Labute approximate surface area is 155 Å². The number of carbonyl (C=O) groups is 1. The molecule has 1 aromatic carbocycles. The van der Waals surface area contributed by atoms with E-state index in [0.29, 0.717) is 13.1 Å². The van der Waals surface area contributed by atoms with Crippen molar-refractivity contribution in [3.63, 3.8) is 0 Å². The van der Waals surface area contributed by atoms with E-state index in [0.717, 1.165) is 24.6 Å². The normalized spacial score (nSPS) is 29.2. The SMILES string of the molecule is CN1CC2(CCCN(CC3CC3)C2)c2cc(C(=O)N3CC(O)C3)ccc21. The maximum Gasteiger partial charge on any atom is 0.254 e. The van der Waals surface area contributed by atoms with Crippen LogP contribution in [0.15, 0.2) is 18.2 Å². The number of hydrogen-bond donors (Lipinski definition) is 1. The van der Waals surface area contributed by atoms with E-state index in [1.165, 1.54) is 50.0 Å². The van der Waals surface area contributed by atoms with Gasteiger partial charge >= 0.3 is 0 Å². The minimum atomic E-state index is -0.347. The van der Waals surface area contributed by atoms with Crippen molar-refractivity contribution in [3.8, 4) is 0 Å². The van der Waals surface area contributed by atoms with E-state index in [9.17, 15) is 9.90 Å². The maximum atomic E-state index is 12.7. The van der Waals surface area contributed by atoms with Gasteiger partial charge in [-0.15, -0.1) is 0 Å². The van der Waals surface area contributed by atoms with Gasteiger partial charge < -0.3 is 19.8 Å². The third kappa shape index (κ3) is 2.72. The van der Waals surface area contributed by atoms with Gasteiger partial charge in [0.25, 0.3) is 5.91 Å². The first-order valence-electron chi connectivity index (χ1n) is 10.1. The van der Waals surface area contributed by atoms with Gasteiger partial charge in [-0.05, 0) is 61.9 Å². The molecule has 5 heteroatoms. The molecule has 0 aromatic heterocycles. The van der Waals surface area contributed by atoms with E-state index in [2.05, 4.69) is 29.0 Å². The number of aliphatic hydroxyl groups excluding tert-OH is 1. The number of fused-ring (bicyclic) bond motifs is 2. The third-order valence-corrected chi connectivity index (χ3v) is 6.78. The van der Waals surface area contributed by atoms with Crippen LogP contribution in [0, 0.1) is 5.92 Å². The number of anilines is 1. The summed E-state index contributed by atoms with van der Waals surface area (Å²) in [7, 11) is 2.18. The van der Waals surface area contributed by atoms with Crippen molar-refractivity contribution >= 4 is 11.6 Å². The zero-order valence-corrected chi connectivity index (χ0v) is 15.7. The van der Waals surface area contributed by atoms with Gasteiger partial charge in [-0.25, -0.2) is 0 Å². The second-order valence-corrected chi connectivity index (χ2v) is 9.01. The number of hydrogen-bond acceptors (Lipinski definition) is 4. The summed E-state index contributed by atoms with van der Waals surface area (Å²) in [6.45, 7) is 5.60. The zero-order chi connectivity index (χ0) is 17.9. The molecular formula is C21H29N3O2. The molecule has 0 bridgehead atoms. The molecule has 2 saturated heterocycles. The number of β-amino-alcohol motifs (C(OH)–C–C–N with tert-alkyl or cyclic N) is 1. The fourth-order valence-corrected chi connectivity index (χ4v) is 5.25. The largest absolute Gasteiger partial charge is 0.389 e. The second kappa shape index (κ2) is 5.96. The van der Waals surface area contributed by atoms with Crippen LogP contribution in [0.3, 0.4) is 0 Å². The molecule has 3 aliphatic heterocycles. The topological polar surface area (TPSA) is 47.0 Å². The fourth-order valence-electron chi connectivity index (χ4n) is 5.25. The smallest absolute Gasteiger partial charge is 0.254 e. The van der Waals surface area contributed by atoms with Crippen LogP contribution < -0.4 is 4.90 Å². The van der Waals surface area contributed by atoms with Gasteiger partial charge in [-0.2, -0.15) is 0 Å². The van der Waals surface area contributed by atoms with E-state index in [1.54, 1.807) is 4.90 Å². The van der Waals surface area contributed by atoms with Crippen LogP contribution in [0.25, 0.3) is 0 Å². The molecule has 5 nitrogen and oxygen atoms in total. The molecule has 1 saturated carbocycles.